The van der Waals surface area contributed by atoms with Crippen LogP contribution in [0.15, 0.2) is 41.8 Å². The van der Waals surface area contributed by atoms with Crippen LogP contribution in [0.25, 0.3) is 0 Å². The molecule has 7 heteroatoms. The van der Waals surface area contributed by atoms with Crippen molar-refractivity contribution in [2.75, 3.05) is 12.4 Å². The Hall–Kier alpha value is -1.11. The van der Waals surface area contributed by atoms with E-state index in [-0.39, 0.29) is 6.54 Å². The highest BCUT2D eigenvalue weighted by molar-refractivity contribution is 7.99. The molecule has 0 radical (unpaired) electrons. The molecule has 0 saturated heterocycles. The maximum atomic E-state index is 13.4. The van der Waals surface area contributed by atoms with Crippen LogP contribution >= 0.6 is 23.4 Å². The molecule has 0 spiro atoms. The first-order chi connectivity index (χ1) is 10.4. The number of benzene rings is 1. The molecule has 1 atom stereocenters. The van der Waals surface area contributed by atoms with E-state index in [0.29, 0.717) is 10.8 Å². The molecule has 0 saturated carbocycles. The molecule has 2 rings (SSSR count). The van der Waals surface area contributed by atoms with Crippen molar-refractivity contribution in [1.29, 1.82) is 0 Å². The molecule has 0 aliphatic rings. The van der Waals surface area contributed by atoms with Gasteiger partial charge < -0.3 is 5.11 Å². The number of hydrogen-bond donors (Lipinski definition) is 1. The number of halogens is 2. The van der Waals surface area contributed by atoms with Crippen molar-refractivity contribution in [3.05, 3.63) is 41.9 Å². The maximum Gasteiger partial charge on any atom is 0.137 e. The highest BCUT2D eigenvalue weighted by atomic mass is 35.5. The molecule has 22 heavy (non-hydrogen) atoms. The highest BCUT2D eigenvalue weighted by Crippen LogP contribution is 2.37. The van der Waals surface area contributed by atoms with Gasteiger partial charge in [-0.25, -0.2) is 4.98 Å². The summed E-state index contributed by atoms with van der Waals surface area (Å²) in [5.74, 6) is 0.339. The molecule has 0 fully saturated rings. The van der Waals surface area contributed by atoms with E-state index in [9.17, 15) is 9.50 Å². The molecule has 0 amide bonds. The second-order valence-electron chi connectivity index (χ2n) is 5.88. The van der Waals surface area contributed by atoms with Crippen LogP contribution in [0.2, 0.25) is 5.02 Å². The van der Waals surface area contributed by atoms with Crippen molar-refractivity contribution in [1.82, 2.24) is 14.8 Å². The third kappa shape index (κ3) is 4.00. The monoisotopic (exact) mass is 343 g/mol. The van der Waals surface area contributed by atoms with E-state index in [1.165, 1.54) is 29.1 Å². The molecular formula is C15H19ClFN3OS. The second kappa shape index (κ2) is 6.98. The lowest BCUT2D eigenvalue weighted by molar-refractivity contribution is -0.0723. The summed E-state index contributed by atoms with van der Waals surface area (Å²) in [6.07, 6.45) is 2.92. The number of hydrogen-bond acceptors (Lipinski definition) is 4. The fourth-order valence-corrected chi connectivity index (χ4v) is 3.24. The summed E-state index contributed by atoms with van der Waals surface area (Å²) in [6.45, 7) is 2.99. The number of thioether (sulfide) groups is 1. The average Bonchev–Trinajstić information content (AvgIpc) is 2.99. The zero-order valence-electron chi connectivity index (χ0n) is 12.5. The largest absolute Gasteiger partial charge is 0.386 e. The molecule has 1 N–H and O–H groups in total. The maximum absolute atomic E-state index is 13.4. The van der Waals surface area contributed by atoms with Crippen molar-refractivity contribution >= 4 is 23.4 Å². The minimum Gasteiger partial charge on any atom is -0.386 e. The van der Waals surface area contributed by atoms with Crippen LogP contribution in [0, 0.1) is 5.41 Å². The predicted octanol–water partition coefficient (Wildman–Crippen LogP) is 3.45. The number of aliphatic hydroxyl groups is 1. The molecule has 1 aromatic carbocycles. The smallest absolute Gasteiger partial charge is 0.137 e. The summed E-state index contributed by atoms with van der Waals surface area (Å²) in [7, 11) is 0. The van der Waals surface area contributed by atoms with Gasteiger partial charge in [-0.2, -0.15) is 5.10 Å². The summed E-state index contributed by atoms with van der Waals surface area (Å²) in [6, 6.07) is 7.35. The molecule has 0 aliphatic carbocycles. The fourth-order valence-electron chi connectivity index (χ4n) is 1.90. The first kappa shape index (κ1) is 17.2. The van der Waals surface area contributed by atoms with Gasteiger partial charge in [0.15, 0.2) is 0 Å². The lowest BCUT2D eigenvalue weighted by atomic mass is 9.77. The number of aromatic nitrogens is 3. The van der Waals surface area contributed by atoms with Crippen LogP contribution < -0.4 is 0 Å². The molecule has 120 valence electrons. The van der Waals surface area contributed by atoms with Gasteiger partial charge >= 0.3 is 0 Å². The van der Waals surface area contributed by atoms with Crippen molar-refractivity contribution in [2.24, 2.45) is 5.41 Å². The van der Waals surface area contributed by atoms with Crippen molar-refractivity contribution in [3.8, 4) is 0 Å². The molecule has 4 nitrogen and oxygen atoms in total. The lowest BCUT2D eigenvalue weighted by Gasteiger charge is -2.40. The van der Waals surface area contributed by atoms with Gasteiger partial charge in [0.25, 0.3) is 0 Å². The van der Waals surface area contributed by atoms with Crippen LogP contribution in [0.1, 0.15) is 13.8 Å². The Morgan fingerprint density at radius 3 is 2.55 bits per heavy atom. The Kier molecular flexibility index (Phi) is 5.47. The molecule has 0 aliphatic heterocycles. The Balaban J connectivity index is 2.15. The van der Waals surface area contributed by atoms with Crippen LogP contribution in [0.3, 0.4) is 0 Å². The first-order valence-electron chi connectivity index (χ1n) is 6.85. The first-order valence-corrected chi connectivity index (χ1v) is 8.22. The minimum absolute atomic E-state index is 0.185. The topological polar surface area (TPSA) is 50.9 Å². The normalized spacial score (nSPS) is 14.8. The number of alkyl halides is 1. The number of nitrogens with zero attached hydrogens (tertiary/aromatic N) is 3. The predicted molar refractivity (Wildman–Crippen MR) is 86.9 cm³/mol. The molecular weight excluding hydrogens is 325 g/mol. The van der Waals surface area contributed by atoms with E-state index in [2.05, 4.69) is 10.1 Å². The fraction of sp³-hybridized carbons (Fsp3) is 0.467. The van der Waals surface area contributed by atoms with E-state index in [1.807, 2.05) is 12.1 Å². The minimum atomic E-state index is -1.26. The zero-order chi connectivity index (χ0) is 16.2. The van der Waals surface area contributed by atoms with Gasteiger partial charge in [-0.15, -0.1) is 11.8 Å². The third-order valence-corrected chi connectivity index (χ3v) is 5.25. The van der Waals surface area contributed by atoms with Gasteiger partial charge in [-0.3, -0.25) is 9.07 Å². The lowest BCUT2D eigenvalue weighted by Crippen LogP contribution is -2.51. The molecule has 1 heterocycles. The number of rotatable bonds is 7. The van der Waals surface area contributed by atoms with Crippen molar-refractivity contribution in [3.63, 3.8) is 0 Å². The SMILES string of the molecule is CC(C)(CF)C(O)(CSc1ccc(Cl)cc1)Cn1cncn1. The summed E-state index contributed by atoms with van der Waals surface area (Å²) < 4.78 is 15.0. The molecule has 1 unspecified atom stereocenters. The van der Waals surface area contributed by atoms with Gasteiger partial charge in [-0.1, -0.05) is 25.4 Å². The highest BCUT2D eigenvalue weighted by Gasteiger charge is 2.44. The second-order valence-corrected chi connectivity index (χ2v) is 7.37. The Morgan fingerprint density at radius 2 is 2.00 bits per heavy atom. The van der Waals surface area contributed by atoms with Gasteiger partial charge in [0.2, 0.25) is 0 Å². The van der Waals surface area contributed by atoms with E-state index in [4.69, 9.17) is 11.6 Å². The summed E-state index contributed by atoms with van der Waals surface area (Å²) in [4.78, 5) is 4.84. The van der Waals surface area contributed by atoms with Gasteiger partial charge in [0.05, 0.1) is 13.2 Å². The van der Waals surface area contributed by atoms with Crippen LogP contribution in [0.4, 0.5) is 4.39 Å². The molecule has 0 bridgehead atoms. The quantitative estimate of drug-likeness (QED) is 0.782. The molecule has 1 aromatic heterocycles. The van der Waals surface area contributed by atoms with E-state index >= 15 is 0 Å². The Labute approximate surface area is 138 Å². The van der Waals surface area contributed by atoms with Crippen molar-refractivity contribution < 1.29 is 9.50 Å². The molecule has 2 aromatic rings. The zero-order valence-corrected chi connectivity index (χ0v) is 14.1. The van der Waals surface area contributed by atoms with Crippen molar-refractivity contribution in [2.45, 2.75) is 30.9 Å². The Bertz CT molecular complexity index is 591. The summed E-state index contributed by atoms with van der Waals surface area (Å²) >= 11 is 7.33. The summed E-state index contributed by atoms with van der Waals surface area (Å²) in [5, 5.41) is 15.7. The Morgan fingerprint density at radius 1 is 1.32 bits per heavy atom. The summed E-state index contributed by atoms with van der Waals surface area (Å²) in [5.41, 5.74) is -2.17. The van der Waals surface area contributed by atoms with Crippen LogP contribution in [-0.4, -0.2) is 37.9 Å². The third-order valence-electron chi connectivity index (χ3n) is 3.78. The van der Waals surface area contributed by atoms with Crippen LogP contribution in [-0.2, 0) is 6.54 Å². The van der Waals surface area contributed by atoms with Crippen LogP contribution in [0.5, 0.6) is 0 Å². The van der Waals surface area contributed by atoms with Gasteiger partial charge in [0.1, 0.15) is 18.3 Å². The average molecular weight is 344 g/mol. The van der Waals surface area contributed by atoms with E-state index in [0.717, 1.165) is 4.90 Å². The van der Waals surface area contributed by atoms with Gasteiger partial charge in [-0.05, 0) is 24.3 Å². The van der Waals surface area contributed by atoms with E-state index in [1.54, 1.807) is 26.0 Å². The van der Waals surface area contributed by atoms with E-state index < -0.39 is 17.7 Å². The van der Waals surface area contributed by atoms with Gasteiger partial charge in [0, 0.05) is 21.1 Å². The standard InChI is InChI=1S/C15H19ClFN3OS/c1-14(2,7-17)15(21,8-20-11-18-10-19-20)9-22-13-5-3-12(16)4-6-13/h3-6,10-11,21H,7-9H2,1-2H3.